The molecular formula is C17H23BrN2O. The van der Waals surface area contributed by atoms with Crippen LogP contribution in [0.2, 0.25) is 0 Å². The minimum atomic E-state index is 0.0708. The van der Waals surface area contributed by atoms with Gasteiger partial charge in [0.2, 0.25) is 0 Å². The fraction of sp³-hybridized carbons (Fsp3) is 0.588. The Labute approximate surface area is 134 Å². The molecule has 0 aromatic heterocycles. The van der Waals surface area contributed by atoms with Crippen LogP contribution in [-0.4, -0.2) is 11.9 Å². The minimum Gasteiger partial charge on any atom is -0.490 e. The molecule has 3 rings (SSSR count). The van der Waals surface area contributed by atoms with Gasteiger partial charge in [-0.05, 0) is 64.7 Å². The van der Waals surface area contributed by atoms with E-state index in [2.05, 4.69) is 36.7 Å². The van der Waals surface area contributed by atoms with Gasteiger partial charge in [-0.3, -0.25) is 5.41 Å². The van der Waals surface area contributed by atoms with Crippen LogP contribution in [-0.2, 0) is 0 Å². The second-order valence-electron chi connectivity index (χ2n) is 7.27. The Morgan fingerprint density at radius 2 is 2.10 bits per heavy atom. The average Bonchev–Trinajstić information content (AvgIpc) is 2.71. The summed E-state index contributed by atoms with van der Waals surface area (Å²) in [6.07, 6.45) is 4.01. The van der Waals surface area contributed by atoms with Gasteiger partial charge in [-0.15, -0.1) is 0 Å². The molecule has 1 aromatic rings. The van der Waals surface area contributed by atoms with Crippen LogP contribution in [0.25, 0.3) is 0 Å². The van der Waals surface area contributed by atoms with Gasteiger partial charge in [0.05, 0.1) is 0 Å². The number of halogens is 1. The van der Waals surface area contributed by atoms with E-state index in [4.69, 9.17) is 15.9 Å². The SMILES string of the molecule is CC1(C)C2CCC1(C)C(Oc1ccc(C(=N)N)c(Br)c1)C2. The Morgan fingerprint density at radius 3 is 2.57 bits per heavy atom. The van der Waals surface area contributed by atoms with E-state index in [-0.39, 0.29) is 17.4 Å². The molecule has 0 aliphatic heterocycles. The molecule has 2 fully saturated rings. The molecule has 0 heterocycles. The van der Waals surface area contributed by atoms with Gasteiger partial charge < -0.3 is 10.5 Å². The van der Waals surface area contributed by atoms with Gasteiger partial charge in [-0.1, -0.05) is 20.8 Å². The number of ether oxygens (including phenoxy) is 1. The number of amidine groups is 1. The monoisotopic (exact) mass is 350 g/mol. The molecule has 2 aliphatic carbocycles. The Hall–Kier alpha value is -1.03. The van der Waals surface area contributed by atoms with E-state index in [1.165, 1.54) is 12.8 Å². The van der Waals surface area contributed by atoms with Gasteiger partial charge >= 0.3 is 0 Å². The summed E-state index contributed by atoms with van der Waals surface area (Å²) in [6, 6.07) is 5.70. The largest absolute Gasteiger partial charge is 0.490 e. The molecule has 2 saturated carbocycles. The molecule has 114 valence electrons. The van der Waals surface area contributed by atoms with Gasteiger partial charge in [0, 0.05) is 15.5 Å². The van der Waals surface area contributed by atoms with Crippen molar-refractivity contribution >= 4 is 21.8 Å². The van der Waals surface area contributed by atoms with Crippen molar-refractivity contribution in [2.75, 3.05) is 0 Å². The van der Waals surface area contributed by atoms with Gasteiger partial charge in [0.25, 0.3) is 0 Å². The zero-order chi connectivity index (χ0) is 15.4. The van der Waals surface area contributed by atoms with Crippen molar-refractivity contribution in [1.82, 2.24) is 0 Å². The molecule has 2 aliphatic rings. The van der Waals surface area contributed by atoms with Crippen molar-refractivity contribution in [3.05, 3.63) is 28.2 Å². The summed E-state index contributed by atoms with van der Waals surface area (Å²) >= 11 is 3.47. The number of hydrogen-bond donors (Lipinski definition) is 2. The lowest BCUT2D eigenvalue weighted by atomic mass is 9.70. The highest BCUT2D eigenvalue weighted by molar-refractivity contribution is 9.10. The maximum Gasteiger partial charge on any atom is 0.123 e. The summed E-state index contributed by atoms with van der Waals surface area (Å²) in [5, 5.41) is 7.53. The summed E-state index contributed by atoms with van der Waals surface area (Å²) in [5.74, 6) is 1.70. The Bertz CT molecular complexity index is 598. The summed E-state index contributed by atoms with van der Waals surface area (Å²) in [4.78, 5) is 0. The smallest absolute Gasteiger partial charge is 0.123 e. The first kappa shape index (κ1) is 14.9. The Morgan fingerprint density at radius 1 is 1.38 bits per heavy atom. The molecule has 3 atom stereocenters. The van der Waals surface area contributed by atoms with E-state index >= 15 is 0 Å². The van der Waals surface area contributed by atoms with E-state index in [9.17, 15) is 0 Å². The summed E-state index contributed by atoms with van der Waals surface area (Å²) in [5.41, 5.74) is 6.87. The zero-order valence-electron chi connectivity index (χ0n) is 12.9. The van der Waals surface area contributed by atoms with E-state index in [0.717, 1.165) is 22.6 Å². The topological polar surface area (TPSA) is 59.1 Å². The predicted octanol–water partition coefficient (Wildman–Crippen LogP) is 4.33. The quantitative estimate of drug-likeness (QED) is 0.629. The highest BCUT2D eigenvalue weighted by atomic mass is 79.9. The number of hydrogen-bond acceptors (Lipinski definition) is 2. The van der Waals surface area contributed by atoms with E-state index < -0.39 is 0 Å². The first-order valence-electron chi connectivity index (χ1n) is 7.56. The van der Waals surface area contributed by atoms with Crippen molar-refractivity contribution < 1.29 is 4.74 Å². The first-order chi connectivity index (χ1) is 9.75. The van der Waals surface area contributed by atoms with Crippen LogP contribution in [0.3, 0.4) is 0 Å². The molecule has 21 heavy (non-hydrogen) atoms. The third-order valence-corrected chi connectivity index (χ3v) is 6.88. The number of nitrogens with two attached hydrogens (primary N) is 1. The molecule has 0 spiro atoms. The first-order valence-corrected chi connectivity index (χ1v) is 8.35. The van der Waals surface area contributed by atoms with Crippen LogP contribution in [0.1, 0.15) is 45.6 Å². The fourth-order valence-corrected chi connectivity index (χ4v) is 4.83. The molecular weight excluding hydrogens is 328 g/mol. The number of nitrogen functional groups attached to an aromatic ring is 1. The maximum atomic E-state index is 7.53. The van der Waals surface area contributed by atoms with Gasteiger partial charge in [0.1, 0.15) is 17.7 Å². The molecule has 3 N–H and O–H groups in total. The van der Waals surface area contributed by atoms with E-state index in [1.807, 2.05) is 18.2 Å². The molecule has 2 bridgehead atoms. The summed E-state index contributed by atoms with van der Waals surface area (Å²) in [6.45, 7) is 7.16. The van der Waals surface area contributed by atoms with Crippen molar-refractivity contribution in [3.63, 3.8) is 0 Å². The molecule has 0 amide bonds. The molecule has 1 aromatic carbocycles. The van der Waals surface area contributed by atoms with Crippen LogP contribution in [0.5, 0.6) is 5.75 Å². The number of fused-ring (bicyclic) bond motifs is 2. The third kappa shape index (κ3) is 2.10. The lowest BCUT2D eigenvalue weighted by Gasteiger charge is -2.38. The number of benzene rings is 1. The second-order valence-corrected chi connectivity index (χ2v) is 8.13. The summed E-state index contributed by atoms with van der Waals surface area (Å²) in [7, 11) is 0. The van der Waals surface area contributed by atoms with E-state index in [1.54, 1.807) is 0 Å². The van der Waals surface area contributed by atoms with Crippen LogP contribution in [0.4, 0.5) is 0 Å². The molecule has 4 heteroatoms. The van der Waals surface area contributed by atoms with Crippen LogP contribution < -0.4 is 10.5 Å². The third-order valence-electron chi connectivity index (χ3n) is 6.22. The maximum absolute atomic E-state index is 7.53. The Balaban J connectivity index is 1.83. The molecule has 3 unspecified atom stereocenters. The average molecular weight is 351 g/mol. The highest BCUT2D eigenvalue weighted by Crippen LogP contribution is 2.66. The van der Waals surface area contributed by atoms with Crippen LogP contribution in [0, 0.1) is 22.2 Å². The number of nitrogens with one attached hydrogen (secondary N) is 1. The van der Waals surface area contributed by atoms with Crippen molar-refractivity contribution in [2.24, 2.45) is 22.5 Å². The zero-order valence-corrected chi connectivity index (χ0v) is 14.5. The minimum absolute atomic E-state index is 0.0708. The molecule has 0 radical (unpaired) electrons. The van der Waals surface area contributed by atoms with Crippen molar-refractivity contribution in [1.29, 1.82) is 5.41 Å². The summed E-state index contributed by atoms with van der Waals surface area (Å²) < 4.78 is 7.14. The predicted molar refractivity (Wildman–Crippen MR) is 88.8 cm³/mol. The Kier molecular flexibility index (Phi) is 3.36. The van der Waals surface area contributed by atoms with E-state index in [0.29, 0.717) is 11.0 Å². The second kappa shape index (κ2) is 4.73. The normalized spacial score (nSPS) is 33.1. The highest BCUT2D eigenvalue weighted by Gasteiger charge is 2.62. The lowest BCUT2D eigenvalue weighted by Crippen LogP contribution is -2.38. The van der Waals surface area contributed by atoms with Crippen molar-refractivity contribution in [2.45, 2.75) is 46.1 Å². The molecule has 0 saturated heterocycles. The number of rotatable bonds is 3. The lowest BCUT2D eigenvalue weighted by molar-refractivity contribution is 0.0301. The fourth-order valence-electron chi connectivity index (χ4n) is 4.26. The van der Waals surface area contributed by atoms with Gasteiger partial charge in [-0.25, -0.2) is 0 Å². The van der Waals surface area contributed by atoms with Crippen LogP contribution >= 0.6 is 15.9 Å². The van der Waals surface area contributed by atoms with Crippen molar-refractivity contribution in [3.8, 4) is 5.75 Å². The van der Waals surface area contributed by atoms with Gasteiger partial charge in [0.15, 0.2) is 0 Å². The standard InChI is InChI=1S/C17H23BrN2O/c1-16(2)10-6-7-17(16,3)14(8-10)21-11-4-5-12(15(19)20)13(18)9-11/h4-5,9-10,14H,6-8H2,1-3H3,(H3,19,20). The van der Waals surface area contributed by atoms with Gasteiger partial charge in [-0.2, -0.15) is 0 Å². The van der Waals surface area contributed by atoms with Crippen LogP contribution in [0.15, 0.2) is 22.7 Å². The molecule has 3 nitrogen and oxygen atoms in total.